The summed E-state index contributed by atoms with van der Waals surface area (Å²) in [4.78, 5) is 12.5. The molecule has 0 fully saturated rings. The third-order valence-electron chi connectivity index (χ3n) is 5.00. The topological polar surface area (TPSA) is 131 Å². The molecule has 2 aromatic heterocycles. The maximum absolute atomic E-state index is 12.5. The highest BCUT2D eigenvalue weighted by molar-refractivity contribution is 6.14. The van der Waals surface area contributed by atoms with E-state index in [1.54, 1.807) is 0 Å². The average Bonchev–Trinajstić information content (AvgIpc) is 3.07. The van der Waals surface area contributed by atoms with Crippen LogP contribution in [0.3, 0.4) is 0 Å². The van der Waals surface area contributed by atoms with E-state index in [9.17, 15) is 15.0 Å². The van der Waals surface area contributed by atoms with Gasteiger partial charge in [-0.25, -0.2) is 4.52 Å². The Labute approximate surface area is 165 Å². The summed E-state index contributed by atoms with van der Waals surface area (Å²) in [6, 6.07) is 6.29. The number of hydrogen-bond donors (Lipinski definition) is 6. The Hall–Kier alpha value is -3.14. The third-order valence-corrected chi connectivity index (χ3v) is 5.00. The van der Waals surface area contributed by atoms with E-state index in [0.29, 0.717) is 41.9 Å². The Kier molecular flexibility index (Phi) is 5.10. The van der Waals surface area contributed by atoms with Crippen molar-refractivity contribution in [2.24, 2.45) is 0 Å². The Balaban J connectivity index is 2.06. The molecule has 0 amide bonds. The van der Waals surface area contributed by atoms with Crippen molar-refractivity contribution in [1.82, 2.24) is 20.2 Å². The van der Waals surface area contributed by atoms with E-state index in [1.165, 1.54) is 16.6 Å². The first-order valence-electron chi connectivity index (χ1n) is 9.43. The van der Waals surface area contributed by atoms with E-state index in [4.69, 9.17) is 5.11 Å². The molecule has 152 valence electrons. The highest BCUT2D eigenvalue weighted by atomic mass is 16.3. The molecule has 0 bridgehead atoms. The number of aromatic nitrogens is 2. The Morgan fingerprint density at radius 2 is 1.86 bits per heavy atom. The van der Waals surface area contributed by atoms with Crippen LogP contribution < -0.4 is 21.4 Å². The summed E-state index contributed by atoms with van der Waals surface area (Å²) in [6.07, 6.45) is 0. The first-order chi connectivity index (χ1) is 14.1. The number of phenolic OH excluding ortho intramolecular Hbond substituents is 1. The lowest BCUT2D eigenvalue weighted by atomic mass is 10.0. The standard InChI is InChI=1S/C20H23N5O4/c1-21-6-7-23-12-3-2-11-13(10-22-8-9-26)24-25-18(11)16(12)20(29)17-14(27)4-5-15(28)19(17)25/h2-5,21-23,26,28-29H,6-10H2,1H3. The molecule has 0 aliphatic rings. The highest BCUT2D eigenvalue weighted by Gasteiger charge is 2.23. The number of benzene rings is 2. The fourth-order valence-electron chi connectivity index (χ4n) is 3.69. The maximum atomic E-state index is 12.5. The molecule has 0 spiro atoms. The van der Waals surface area contributed by atoms with Crippen LogP contribution in [0.1, 0.15) is 5.69 Å². The molecule has 4 rings (SSSR count). The van der Waals surface area contributed by atoms with Crippen LogP contribution in [0.25, 0.3) is 27.2 Å². The van der Waals surface area contributed by atoms with Crippen LogP contribution in [0.2, 0.25) is 0 Å². The van der Waals surface area contributed by atoms with Gasteiger partial charge >= 0.3 is 0 Å². The lowest BCUT2D eigenvalue weighted by molar-refractivity contribution is 0.291. The summed E-state index contributed by atoms with van der Waals surface area (Å²) in [5.74, 6) is -0.315. The van der Waals surface area contributed by atoms with Crippen molar-refractivity contribution >= 4 is 32.9 Å². The number of likely N-dealkylation sites (N-methyl/N-ethyl adjacent to an activating group) is 1. The number of nitrogens with zero attached hydrogens (tertiary/aromatic N) is 2. The van der Waals surface area contributed by atoms with Gasteiger partial charge in [0.15, 0.2) is 5.43 Å². The van der Waals surface area contributed by atoms with Crippen LogP contribution in [0.15, 0.2) is 29.1 Å². The second-order valence-corrected chi connectivity index (χ2v) is 6.83. The van der Waals surface area contributed by atoms with Gasteiger partial charge in [-0.2, -0.15) is 5.10 Å². The van der Waals surface area contributed by atoms with Gasteiger partial charge in [0.25, 0.3) is 0 Å². The normalized spacial score (nSPS) is 11.8. The zero-order valence-electron chi connectivity index (χ0n) is 16.0. The summed E-state index contributed by atoms with van der Waals surface area (Å²) in [5, 5.41) is 45.9. The molecule has 4 aromatic rings. The van der Waals surface area contributed by atoms with Gasteiger partial charge in [-0.3, -0.25) is 4.79 Å². The number of anilines is 1. The van der Waals surface area contributed by atoms with Gasteiger partial charge in [0.05, 0.1) is 28.6 Å². The van der Waals surface area contributed by atoms with Crippen molar-refractivity contribution in [3.8, 4) is 11.5 Å². The van der Waals surface area contributed by atoms with Gasteiger partial charge in [0.2, 0.25) is 0 Å². The van der Waals surface area contributed by atoms with Crippen LogP contribution in [0.4, 0.5) is 5.69 Å². The van der Waals surface area contributed by atoms with Gasteiger partial charge in [0, 0.05) is 37.3 Å². The number of nitrogens with one attached hydrogen (secondary N) is 3. The first kappa shape index (κ1) is 19.2. The van der Waals surface area contributed by atoms with Crippen LogP contribution in [0.5, 0.6) is 11.5 Å². The molecule has 0 unspecified atom stereocenters. The van der Waals surface area contributed by atoms with Gasteiger partial charge in [-0.15, -0.1) is 0 Å². The molecule has 0 atom stereocenters. The summed E-state index contributed by atoms with van der Waals surface area (Å²) in [5.41, 5.74) is 1.76. The van der Waals surface area contributed by atoms with Crippen molar-refractivity contribution < 1.29 is 15.3 Å². The largest absolute Gasteiger partial charge is 0.506 e. The van der Waals surface area contributed by atoms with Crippen molar-refractivity contribution in [3.63, 3.8) is 0 Å². The molecule has 0 saturated heterocycles. The molecule has 0 aliphatic heterocycles. The molecule has 6 N–H and O–H groups in total. The van der Waals surface area contributed by atoms with Crippen molar-refractivity contribution in [2.45, 2.75) is 6.54 Å². The van der Waals surface area contributed by atoms with Gasteiger partial charge in [-0.1, -0.05) is 0 Å². The smallest absolute Gasteiger partial charge is 0.192 e. The number of fused-ring (bicyclic) bond motifs is 2. The molecule has 0 aliphatic carbocycles. The number of rotatable bonds is 8. The minimum Gasteiger partial charge on any atom is -0.506 e. The van der Waals surface area contributed by atoms with E-state index in [1.807, 2.05) is 19.2 Å². The summed E-state index contributed by atoms with van der Waals surface area (Å²) >= 11 is 0. The Morgan fingerprint density at radius 3 is 2.62 bits per heavy atom. The van der Waals surface area contributed by atoms with Crippen molar-refractivity contribution in [2.75, 3.05) is 38.6 Å². The third kappa shape index (κ3) is 3.09. The zero-order valence-corrected chi connectivity index (χ0v) is 16.0. The number of phenols is 1. The molecular formula is C20H23N5O4. The summed E-state index contributed by atoms with van der Waals surface area (Å²) in [7, 11) is 1.85. The Morgan fingerprint density at radius 1 is 1.03 bits per heavy atom. The van der Waals surface area contributed by atoms with Crippen LogP contribution in [-0.2, 0) is 6.54 Å². The number of pyridine rings is 1. The number of aliphatic hydroxyl groups excluding tert-OH is 1. The van der Waals surface area contributed by atoms with Gasteiger partial charge in [-0.05, 0) is 31.3 Å². The lowest BCUT2D eigenvalue weighted by Crippen LogP contribution is -2.18. The van der Waals surface area contributed by atoms with E-state index < -0.39 is 5.43 Å². The molecule has 9 heteroatoms. The van der Waals surface area contributed by atoms with Crippen molar-refractivity contribution in [1.29, 1.82) is 0 Å². The predicted octanol–water partition coefficient (Wildman–Crippen LogP) is 0.563. The van der Waals surface area contributed by atoms with E-state index >= 15 is 0 Å². The quantitative estimate of drug-likeness (QED) is 0.188. The van der Waals surface area contributed by atoms with E-state index in [0.717, 1.165) is 11.9 Å². The average molecular weight is 397 g/mol. The molecule has 2 heterocycles. The number of hydrogen-bond acceptors (Lipinski definition) is 8. The molecule has 29 heavy (non-hydrogen) atoms. The second-order valence-electron chi connectivity index (χ2n) is 6.83. The zero-order chi connectivity index (χ0) is 20.5. The monoisotopic (exact) mass is 397 g/mol. The number of aliphatic hydroxyl groups is 1. The van der Waals surface area contributed by atoms with Crippen LogP contribution in [-0.4, -0.2) is 58.2 Å². The first-order valence-corrected chi connectivity index (χ1v) is 9.43. The fourth-order valence-corrected chi connectivity index (χ4v) is 3.69. The number of aromatic hydroxyl groups is 2. The minimum atomic E-state index is -0.394. The van der Waals surface area contributed by atoms with Gasteiger partial charge in [0.1, 0.15) is 17.0 Å². The summed E-state index contributed by atoms with van der Waals surface area (Å²) in [6.45, 7) is 2.15. The van der Waals surface area contributed by atoms with Crippen LogP contribution in [0, 0.1) is 0 Å². The van der Waals surface area contributed by atoms with Crippen LogP contribution >= 0.6 is 0 Å². The minimum absolute atomic E-state index is 0.00114. The van der Waals surface area contributed by atoms with Crippen molar-refractivity contribution in [3.05, 3.63) is 40.2 Å². The SMILES string of the molecule is CNCCNc1ccc2c(CNCCO)nn3c4c(O)ccc(=O)c4c(O)c1c23. The lowest BCUT2D eigenvalue weighted by Gasteiger charge is -2.14. The van der Waals surface area contributed by atoms with E-state index in [2.05, 4.69) is 21.0 Å². The molecule has 0 saturated carbocycles. The maximum Gasteiger partial charge on any atom is 0.192 e. The predicted molar refractivity (Wildman–Crippen MR) is 112 cm³/mol. The van der Waals surface area contributed by atoms with E-state index in [-0.39, 0.29) is 29.0 Å². The summed E-state index contributed by atoms with van der Waals surface area (Å²) < 4.78 is 1.52. The molecule has 9 nitrogen and oxygen atoms in total. The van der Waals surface area contributed by atoms with Gasteiger partial charge < -0.3 is 31.3 Å². The molecular weight excluding hydrogens is 374 g/mol. The Bertz CT molecular complexity index is 1240. The highest BCUT2D eigenvalue weighted by Crippen LogP contribution is 2.41. The molecule has 2 aromatic carbocycles. The fraction of sp³-hybridized carbons (Fsp3) is 0.300. The second kappa shape index (κ2) is 7.70. The molecule has 0 radical (unpaired) electrons.